The van der Waals surface area contributed by atoms with E-state index in [1.54, 1.807) is 11.6 Å². The molecule has 2 aromatic rings. The minimum absolute atomic E-state index is 0.432. The Balaban J connectivity index is 1.37. The number of carbonyl (C=O) groups excluding carboxylic acids is 1. The van der Waals surface area contributed by atoms with Crippen molar-refractivity contribution < 1.29 is 14.7 Å². The second kappa shape index (κ2) is 11.1. The van der Waals surface area contributed by atoms with Crippen LogP contribution in [0.25, 0.3) is 6.08 Å². The van der Waals surface area contributed by atoms with Gasteiger partial charge in [0.1, 0.15) is 0 Å². The number of ether oxygens (including phenoxy) is 1. The summed E-state index contributed by atoms with van der Waals surface area (Å²) in [5.74, 6) is 0.145. The first-order valence-electron chi connectivity index (χ1n) is 12.1. The molecule has 2 N–H and O–H groups in total. The highest BCUT2D eigenvalue weighted by Crippen LogP contribution is 2.32. The fraction of sp³-hybridized carbons (Fsp3) is 0.538. The van der Waals surface area contributed by atoms with Crippen molar-refractivity contribution in [1.82, 2.24) is 20.2 Å². The quantitative estimate of drug-likeness (QED) is 0.362. The predicted molar refractivity (Wildman–Crippen MR) is 128 cm³/mol. The third kappa shape index (κ3) is 5.91. The first-order valence-corrected chi connectivity index (χ1v) is 12.1. The molecule has 7 heteroatoms. The molecule has 0 radical (unpaired) electrons. The molecule has 0 bridgehead atoms. The Hall–Kier alpha value is -2.48. The number of carbonyl (C=O) groups is 1. The second-order valence-corrected chi connectivity index (χ2v) is 9.31. The number of rotatable bonds is 8. The molecule has 33 heavy (non-hydrogen) atoms. The van der Waals surface area contributed by atoms with E-state index in [9.17, 15) is 4.79 Å². The number of hydrogen-bond acceptors (Lipinski definition) is 5. The molecule has 178 valence electrons. The number of aromatic nitrogens is 2. The van der Waals surface area contributed by atoms with Gasteiger partial charge in [0.25, 0.3) is 5.91 Å². The van der Waals surface area contributed by atoms with E-state index in [-0.39, 0.29) is 0 Å². The molecule has 2 aliphatic rings. The molecule has 0 spiro atoms. The third-order valence-electron chi connectivity index (χ3n) is 7.17. The van der Waals surface area contributed by atoms with Gasteiger partial charge in [-0.2, -0.15) is 5.10 Å². The van der Waals surface area contributed by atoms with Crippen molar-refractivity contribution in [3.8, 4) is 0 Å². The van der Waals surface area contributed by atoms with Crippen LogP contribution in [0.2, 0.25) is 0 Å². The van der Waals surface area contributed by atoms with Gasteiger partial charge in [-0.25, -0.2) is 5.48 Å². The first-order chi connectivity index (χ1) is 16.0. The number of hydrogen-bond donors (Lipinski definition) is 2. The van der Waals surface area contributed by atoms with E-state index >= 15 is 0 Å². The Labute approximate surface area is 196 Å². The lowest BCUT2D eigenvalue weighted by atomic mass is 10.0. The fourth-order valence-corrected chi connectivity index (χ4v) is 5.21. The molecular weight excluding hydrogens is 416 g/mol. The van der Waals surface area contributed by atoms with Gasteiger partial charge in [0.15, 0.2) is 0 Å². The number of likely N-dealkylation sites (tertiary alicyclic amines) is 1. The van der Waals surface area contributed by atoms with Crippen molar-refractivity contribution in [2.75, 3.05) is 26.3 Å². The van der Waals surface area contributed by atoms with Crippen molar-refractivity contribution in [3.63, 3.8) is 0 Å². The number of hydroxylamine groups is 1. The smallest absolute Gasteiger partial charge is 0.267 e. The summed E-state index contributed by atoms with van der Waals surface area (Å²) in [6.07, 6.45) is 8.69. The van der Waals surface area contributed by atoms with E-state index < -0.39 is 5.91 Å². The zero-order valence-electron chi connectivity index (χ0n) is 19.8. The number of nitrogens with zero attached hydrogens (tertiary/aromatic N) is 3. The molecule has 1 atom stereocenters. The van der Waals surface area contributed by atoms with Crippen LogP contribution in [-0.4, -0.2) is 52.1 Å². The molecule has 1 aromatic carbocycles. The van der Waals surface area contributed by atoms with Crippen LogP contribution in [0.5, 0.6) is 0 Å². The SMILES string of the molecule is Cc1nn(CC2CCOCC2)c(C)c1CCN1CCCC1c1ccc(C=CC(=O)NO)cc1. The summed E-state index contributed by atoms with van der Waals surface area (Å²) >= 11 is 0. The van der Waals surface area contributed by atoms with Gasteiger partial charge in [0, 0.05) is 44.1 Å². The highest BCUT2D eigenvalue weighted by atomic mass is 16.5. The molecule has 0 saturated carbocycles. The standard InChI is InChI=1S/C26H36N4O3/c1-19-24(20(2)30(27-19)18-22-12-16-33-17-13-22)11-15-29-14-3-4-25(29)23-8-5-21(6-9-23)7-10-26(31)28-32/h5-10,22,25,32H,3-4,11-18H2,1-2H3,(H,28,31). The van der Waals surface area contributed by atoms with Crippen molar-refractivity contribution >= 4 is 12.0 Å². The normalized spacial score (nSPS) is 20.0. The van der Waals surface area contributed by atoms with Crippen LogP contribution in [0, 0.1) is 19.8 Å². The maximum atomic E-state index is 11.2. The van der Waals surface area contributed by atoms with Gasteiger partial charge in [-0.3, -0.25) is 19.6 Å². The largest absolute Gasteiger partial charge is 0.381 e. The van der Waals surface area contributed by atoms with Crippen molar-refractivity contribution in [2.45, 2.75) is 58.5 Å². The van der Waals surface area contributed by atoms with E-state index in [2.05, 4.69) is 35.6 Å². The summed E-state index contributed by atoms with van der Waals surface area (Å²) in [6, 6.07) is 8.80. The average molecular weight is 453 g/mol. The van der Waals surface area contributed by atoms with E-state index in [4.69, 9.17) is 15.0 Å². The summed E-state index contributed by atoms with van der Waals surface area (Å²) < 4.78 is 7.74. The zero-order chi connectivity index (χ0) is 23.2. The predicted octanol–water partition coefficient (Wildman–Crippen LogP) is 3.82. The lowest BCUT2D eigenvalue weighted by Crippen LogP contribution is -2.26. The van der Waals surface area contributed by atoms with E-state index in [1.165, 1.54) is 41.4 Å². The van der Waals surface area contributed by atoms with Crippen LogP contribution in [-0.2, 0) is 22.5 Å². The highest BCUT2D eigenvalue weighted by Gasteiger charge is 2.26. The Bertz CT molecular complexity index is 961. The molecule has 3 heterocycles. The van der Waals surface area contributed by atoms with Gasteiger partial charge in [0.05, 0.1) is 5.69 Å². The molecule has 4 rings (SSSR count). The number of nitrogens with one attached hydrogen (secondary N) is 1. The highest BCUT2D eigenvalue weighted by molar-refractivity contribution is 5.90. The maximum Gasteiger partial charge on any atom is 0.267 e. The van der Waals surface area contributed by atoms with Gasteiger partial charge in [-0.1, -0.05) is 24.3 Å². The van der Waals surface area contributed by atoms with Gasteiger partial charge < -0.3 is 4.74 Å². The van der Waals surface area contributed by atoms with Gasteiger partial charge in [-0.15, -0.1) is 0 Å². The number of amides is 1. The third-order valence-corrected chi connectivity index (χ3v) is 7.17. The van der Waals surface area contributed by atoms with Crippen molar-refractivity contribution in [1.29, 1.82) is 0 Å². The maximum absolute atomic E-state index is 11.2. The molecule has 2 saturated heterocycles. The average Bonchev–Trinajstić information content (AvgIpc) is 3.41. The Kier molecular flexibility index (Phi) is 7.96. The summed E-state index contributed by atoms with van der Waals surface area (Å²) in [6.45, 7) is 9.28. The first kappa shape index (κ1) is 23.7. The van der Waals surface area contributed by atoms with Crippen LogP contribution in [0.4, 0.5) is 0 Å². The molecule has 2 fully saturated rings. The molecular formula is C26H36N4O3. The van der Waals surface area contributed by atoms with Crippen LogP contribution in [0.3, 0.4) is 0 Å². The second-order valence-electron chi connectivity index (χ2n) is 9.31. The molecule has 1 unspecified atom stereocenters. The zero-order valence-corrected chi connectivity index (χ0v) is 19.8. The summed E-state index contributed by atoms with van der Waals surface area (Å²) in [5, 5.41) is 13.5. The Morgan fingerprint density at radius 3 is 2.70 bits per heavy atom. The minimum atomic E-state index is -0.525. The molecule has 2 aliphatic heterocycles. The summed E-state index contributed by atoms with van der Waals surface area (Å²) in [7, 11) is 0. The van der Waals surface area contributed by atoms with Crippen LogP contribution < -0.4 is 5.48 Å². The van der Waals surface area contributed by atoms with E-state index in [0.29, 0.717) is 12.0 Å². The number of aryl methyl sites for hydroxylation is 1. The molecule has 1 aromatic heterocycles. The lowest BCUT2D eigenvalue weighted by Gasteiger charge is -2.25. The number of benzene rings is 1. The summed E-state index contributed by atoms with van der Waals surface area (Å²) in [4.78, 5) is 13.8. The molecule has 7 nitrogen and oxygen atoms in total. The van der Waals surface area contributed by atoms with Crippen molar-refractivity contribution in [3.05, 3.63) is 58.4 Å². The lowest BCUT2D eigenvalue weighted by molar-refractivity contribution is -0.124. The molecule has 1 amide bonds. The van der Waals surface area contributed by atoms with Gasteiger partial charge in [0.2, 0.25) is 0 Å². The Morgan fingerprint density at radius 1 is 1.21 bits per heavy atom. The fourth-order valence-electron chi connectivity index (χ4n) is 5.21. The van der Waals surface area contributed by atoms with Crippen LogP contribution in [0.1, 0.15) is 59.8 Å². The van der Waals surface area contributed by atoms with Crippen molar-refractivity contribution in [2.24, 2.45) is 5.92 Å². The van der Waals surface area contributed by atoms with Gasteiger partial charge in [-0.05, 0) is 81.2 Å². The summed E-state index contributed by atoms with van der Waals surface area (Å²) in [5.41, 5.74) is 7.75. The van der Waals surface area contributed by atoms with E-state index in [1.807, 2.05) is 12.1 Å². The van der Waals surface area contributed by atoms with Crippen LogP contribution >= 0.6 is 0 Å². The Morgan fingerprint density at radius 2 is 1.97 bits per heavy atom. The minimum Gasteiger partial charge on any atom is -0.381 e. The molecule has 0 aliphatic carbocycles. The van der Waals surface area contributed by atoms with E-state index in [0.717, 1.165) is 57.7 Å². The van der Waals surface area contributed by atoms with Gasteiger partial charge >= 0.3 is 0 Å². The van der Waals surface area contributed by atoms with Crippen LogP contribution in [0.15, 0.2) is 30.3 Å². The topological polar surface area (TPSA) is 79.6 Å². The monoisotopic (exact) mass is 452 g/mol.